The fraction of sp³-hybridized carbons (Fsp3) is 0.500. The predicted octanol–water partition coefficient (Wildman–Crippen LogP) is 3.62. The number of alkyl halides is 3. The number of aromatic nitrogens is 2. The molecule has 0 saturated carbocycles. The summed E-state index contributed by atoms with van der Waals surface area (Å²) in [6.07, 6.45) is -3.15. The van der Waals surface area contributed by atoms with Gasteiger partial charge in [0.05, 0.1) is 5.69 Å². The molecule has 0 amide bonds. The maximum Gasteiger partial charge on any atom is 0.433 e. The Hall–Kier alpha value is -2.55. The monoisotopic (exact) mass is 409 g/mol. The first kappa shape index (κ1) is 19.8. The predicted molar refractivity (Wildman–Crippen MR) is 98.1 cm³/mol. The summed E-state index contributed by atoms with van der Waals surface area (Å²) < 4.78 is 55.7. The molecule has 0 aliphatic carbocycles. The summed E-state index contributed by atoms with van der Waals surface area (Å²) in [4.78, 5) is 10.3. The minimum Gasteiger partial charge on any atom is -0.490 e. The molecule has 0 radical (unpaired) electrons. The molecule has 156 valence electrons. The van der Waals surface area contributed by atoms with Gasteiger partial charge in [0, 0.05) is 37.5 Å². The Morgan fingerprint density at radius 2 is 1.86 bits per heavy atom. The van der Waals surface area contributed by atoms with Crippen LogP contribution in [0.3, 0.4) is 0 Å². The number of rotatable bonds is 4. The van der Waals surface area contributed by atoms with Gasteiger partial charge in [-0.2, -0.15) is 13.2 Å². The second-order valence-corrected chi connectivity index (χ2v) is 7.22. The van der Waals surface area contributed by atoms with E-state index in [0.29, 0.717) is 31.4 Å². The fourth-order valence-corrected chi connectivity index (χ4v) is 3.51. The van der Waals surface area contributed by atoms with Gasteiger partial charge < -0.3 is 14.2 Å². The van der Waals surface area contributed by atoms with Crippen LogP contribution in [-0.4, -0.2) is 47.3 Å². The zero-order valence-corrected chi connectivity index (χ0v) is 16.0. The van der Waals surface area contributed by atoms with Crippen LogP contribution in [0.4, 0.5) is 13.2 Å². The van der Waals surface area contributed by atoms with Crippen LogP contribution in [0.2, 0.25) is 0 Å². The van der Waals surface area contributed by atoms with E-state index in [4.69, 9.17) is 14.2 Å². The van der Waals surface area contributed by atoms with Gasteiger partial charge in [0.2, 0.25) is 0 Å². The number of aryl methyl sites for hydroxylation is 1. The van der Waals surface area contributed by atoms with E-state index in [1.807, 2.05) is 12.1 Å². The third-order valence-corrected chi connectivity index (χ3v) is 4.90. The highest BCUT2D eigenvalue weighted by Gasteiger charge is 2.33. The minimum atomic E-state index is -4.48. The standard InChI is InChI=1S/C20H22F3N3O3/c1-13-10-16(11-18(24-13)20(21,22)23)29-15-4-6-26(7-5-15)12-14-2-3-17-19(25-14)28-9-8-27-17/h2-3,10-11,15H,4-9,12H2,1H3. The number of hydrogen-bond donors (Lipinski definition) is 0. The number of nitrogens with zero attached hydrogens (tertiary/aromatic N) is 3. The van der Waals surface area contributed by atoms with Crippen LogP contribution in [0.25, 0.3) is 0 Å². The highest BCUT2D eigenvalue weighted by Crippen LogP contribution is 2.32. The highest BCUT2D eigenvalue weighted by molar-refractivity contribution is 5.35. The van der Waals surface area contributed by atoms with Crippen molar-refractivity contribution in [2.45, 2.75) is 38.6 Å². The van der Waals surface area contributed by atoms with Crippen molar-refractivity contribution in [3.05, 3.63) is 41.3 Å². The van der Waals surface area contributed by atoms with E-state index in [1.54, 1.807) is 6.07 Å². The average molecular weight is 409 g/mol. The highest BCUT2D eigenvalue weighted by atomic mass is 19.4. The molecule has 2 aromatic rings. The van der Waals surface area contributed by atoms with E-state index >= 15 is 0 Å². The lowest BCUT2D eigenvalue weighted by atomic mass is 10.1. The van der Waals surface area contributed by atoms with Crippen LogP contribution in [0.5, 0.6) is 17.4 Å². The zero-order chi connectivity index (χ0) is 20.4. The lowest BCUT2D eigenvalue weighted by Crippen LogP contribution is -2.38. The first-order valence-electron chi connectivity index (χ1n) is 9.57. The lowest BCUT2D eigenvalue weighted by molar-refractivity contribution is -0.141. The number of fused-ring (bicyclic) bond motifs is 1. The van der Waals surface area contributed by atoms with Gasteiger partial charge in [-0.05, 0) is 31.9 Å². The summed E-state index contributed by atoms with van der Waals surface area (Å²) >= 11 is 0. The minimum absolute atomic E-state index is 0.123. The number of ether oxygens (including phenoxy) is 3. The molecule has 29 heavy (non-hydrogen) atoms. The van der Waals surface area contributed by atoms with Crippen LogP contribution in [0.15, 0.2) is 24.3 Å². The molecular formula is C20H22F3N3O3. The van der Waals surface area contributed by atoms with E-state index in [0.717, 1.165) is 37.7 Å². The molecule has 9 heteroatoms. The van der Waals surface area contributed by atoms with Crippen LogP contribution in [-0.2, 0) is 12.7 Å². The van der Waals surface area contributed by atoms with Gasteiger partial charge >= 0.3 is 6.18 Å². The van der Waals surface area contributed by atoms with Crippen molar-refractivity contribution >= 4 is 0 Å². The van der Waals surface area contributed by atoms with Crippen molar-refractivity contribution in [1.82, 2.24) is 14.9 Å². The molecule has 0 N–H and O–H groups in total. The molecule has 0 aromatic carbocycles. The second kappa shape index (κ2) is 8.06. The third-order valence-electron chi connectivity index (χ3n) is 4.90. The number of piperidine rings is 1. The molecule has 6 nitrogen and oxygen atoms in total. The number of hydrogen-bond acceptors (Lipinski definition) is 6. The maximum atomic E-state index is 12.9. The van der Waals surface area contributed by atoms with E-state index in [-0.39, 0.29) is 17.5 Å². The number of pyridine rings is 2. The Labute approximate surface area is 166 Å². The summed E-state index contributed by atoms with van der Waals surface area (Å²) in [5, 5.41) is 0. The van der Waals surface area contributed by atoms with Gasteiger partial charge in [-0.3, -0.25) is 4.90 Å². The molecular weight excluding hydrogens is 387 g/mol. The molecule has 0 bridgehead atoms. The molecule has 4 heterocycles. The summed E-state index contributed by atoms with van der Waals surface area (Å²) in [6, 6.07) is 6.31. The fourth-order valence-electron chi connectivity index (χ4n) is 3.51. The van der Waals surface area contributed by atoms with Crippen LogP contribution in [0.1, 0.15) is 29.9 Å². The third kappa shape index (κ3) is 4.90. The normalized spacial score (nSPS) is 17.9. The van der Waals surface area contributed by atoms with Gasteiger partial charge in [0.15, 0.2) is 5.75 Å². The number of halogens is 3. The molecule has 2 aromatic heterocycles. The first-order chi connectivity index (χ1) is 13.9. The summed E-state index contributed by atoms with van der Waals surface area (Å²) in [7, 11) is 0. The lowest BCUT2D eigenvalue weighted by Gasteiger charge is -2.32. The van der Waals surface area contributed by atoms with E-state index in [1.165, 1.54) is 6.92 Å². The van der Waals surface area contributed by atoms with E-state index in [9.17, 15) is 13.2 Å². The average Bonchev–Trinajstić information content (AvgIpc) is 2.68. The molecule has 1 fully saturated rings. The SMILES string of the molecule is Cc1cc(OC2CCN(Cc3ccc4c(n3)OCCO4)CC2)cc(C(F)(F)F)n1. The Morgan fingerprint density at radius 3 is 2.62 bits per heavy atom. The smallest absolute Gasteiger partial charge is 0.433 e. The molecule has 1 saturated heterocycles. The van der Waals surface area contributed by atoms with Gasteiger partial charge in [-0.25, -0.2) is 9.97 Å². The molecule has 0 unspecified atom stereocenters. The molecule has 2 aliphatic rings. The van der Waals surface area contributed by atoms with Crippen molar-refractivity contribution in [3.63, 3.8) is 0 Å². The topological polar surface area (TPSA) is 56.7 Å². The van der Waals surface area contributed by atoms with Gasteiger partial charge in [0.25, 0.3) is 5.88 Å². The van der Waals surface area contributed by atoms with E-state index in [2.05, 4.69) is 14.9 Å². The van der Waals surface area contributed by atoms with Gasteiger partial charge in [0.1, 0.15) is 30.8 Å². The van der Waals surface area contributed by atoms with Crippen molar-refractivity contribution in [2.75, 3.05) is 26.3 Å². The van der Waals surface area contributed by atoms with Crippen molar-refractivity contribution in [2.24, 2.45) is 0 Å². The Kier molecular flexibility index (Phi) is 5.49. The zero-order valence-electron chi connectivity index (χ0n) is 16.0. The summed E-state index contributed by atoms with van der Waals surface area (Å²) in [6.45, 7) is 4.79. The van der Waals surface area contributed by atoms with Crippen molar-refractivity contribution < 1.29 is 27.4 Å². The van der Waals surface area contributed by atoms with Crippen LogP contribution in [0, 0.1) is 6.92 Å². The molecule has 0 spiro atoms. The van der Waals surface area contributed by atoms with E-state index < -0.39 is 11.9 Å². The second-order valence-electron chi connectivity index (χ2n) is 7.22. The summed E-state index contributed by atoms with van der Waals surface area (Å²) in [5.41, 5.74) is 0.264. The largest absolute Gasteiger partial charge is 0.490 e. The Morgan fingerprint density at radius 1 is 1.10 bits per heavy atom. The van der Waals surface area contributed by atoms with Crippen molar-refractivity contribution in [3.8, 4) is 17.4 Å². The molecule has 2 aliphatic heterocycles. The molecule has 0 atom stereocenters. The van der Waals surface area contributed by atoms with Crippen LogP contribution < -0.4 is 14.2 Å². The maximum absolute atomic E-state index is 12.9. The quantitative estimate of drug-likeness (QED) is 0.769. The Bertz CT molecular complexity index is 868. The van der Waals surface area contributed by atoms with Crippen LogP contribution >= 0.6 is 0 Å². The first-order valence-corrected chi connectivity index (χ1v) is 9.57. The summed E-state index contributed by atoms with van der Waals surface area (Å²) in [5.74, 6) is 1.41. The van der Waals surface area contributed by atoms with Gasteiger partial charge in [-0.1, -0.05) is 0 Å². The number of likely N-dealkylation sites (tertiary alicyclic amines) is 1. The van der Waals surface area contributed by atoms with Crippen molar-refractivity contribution in [1.29, 1.82) is 0 Å². The molecule has 4 rings (SSSR count). The Balaban J connectivity index is 1.32. The van der Waals surface area contributed by atoms with Gasteiger partial charge in [-0.15, -0.1) is 0 Å².